The van der Waals surface area contributed by atoms with E-state index in [9.17, 15) is 8.42 Å². The van der Waals surface area contributed by atoms with Crippen molar-refractivity contribution < 1.29 is 8.42 Å². The van der Waals surface area contributed by atoms with Crippen molar-refractivity contribution >= 4 is 21.4 Å². The highest BCUT2D eigenvalue weighted by Gasteiger charge is 2.17. The molecule has 0 aliphatic rings. The van der Waals surface area contributed by atoms with Crippen LogP contribution in [-0.4, -0.2) is 32.1 Å². The van der Waals surface area contributed by atoms with E-state index in [0.29, 0.717) is 6.54 Å². The first-order valence-electron chi connectivity index (χ1n) is 5.07. The maximum absolute atomic E-state index is 11.6. The number of nitriles is 1. The van der Waals surface area contributed by atoms with Crippen LogP contribution in [0.1, 0.15) is 10.4 Å². The molecule has 1 aromatic rings. The molecule has 0 bridgehead atoms. The molecular formula is C11H13N3O2S2. The Morgan fingerprint density at radius 3 is 2.89 bits per heavy atom. The van der Waals surface area contributed by atoms with Crippen LogP contribution in [0.3, 0.4) is 0 Å². The predicted octanol–water partition coefficient (Wildman–Crippen LogP) is 0.343. The Balaban J connectivity index is 2.74. The van der Waals surface area contributed by atoms with Crippen LogP contribution in [0.5, 0.6) is 0 Å². The number of thiophene rings is 1. The molecular weight excluding hydrogens is 270 g/mol. The Morgan fingerprint density at radius 2 is 2.28 bits per heavy atom. The fourth-order valence-corrected chi connectivity index (χ4v) is 2.86. The average Bonchev–Trinajstić information content (AvgIpc) is 2.74. The van der Waals surface area contributed by atoms with Crippen LogP contribution >= 0.6 is 11.3 Å². The van der Waals surface area contributed by atoms with E-state index in [1.807, 2.05) is 11.4 Å². The molecule has 96 valence electrons. The summed E-state index contributed by atoms with van der Waals surface area (Å²) in [6, 6.07) is 3.47. The summed E-state index contributed by atoms with van der Waals surface area (Å²) < 4.78 is 24.3. The van der Waals surface area contributed by atoms with E-state index in [1.165, 1.54) is 22.7 Å². The lowest BCUT2D eigenvalue weighted by Gasteiger charge is -2.13. The van der Waals surface area contributed by atoms with Gasteiger partial charge in [0.25, 0.3) is 0 Å². The lowest BCUT2D eigenvalue weighted by atomic mass is 10.3. The van der Waals surface area contributed by atoms with Crippen LogP contribution in [0, 0.1) is 23.2 Å². The first kappa shape index (κ1) is 14.7. The molecule has 1 aromatic heterocycles. The zero-order chi connectivity index (χ0) is 13.6. The van der Waals surface area contributed by atoms with E-state index in [0.717, 1.165) is 10.4 Å². The maximum Gasteiger partial charge on any atom is 0.227 e. The van der Waals surface area contributed by atoms with E-state index >= 15 is 0 Å². The molecule has 7 heteroatoms. The highest BCUT2D eigenvalue weighted by atomic mass is 32.2. The van der Waals surface area contributed by atoms with Crippen molar-refractivity contribution in [3.8, 4) is 17.9 Å². The molecule has 1 rings (SSSR count). The van der Waals surface area contributed by atoms with Crippen molar-refractivity contribution in [2.24, 2.45) is 5.73 Å². The first-order chi connectivity index (χ1) is 8.49. The normalized spacial score (nSPS) is 10.8. The van der Waals surface area contributed by atoms with Crippen LogP contribution in [-0.2, 0) is 16.6 Å². The summed E-state index contributed by atoms with van der Waals surface area (Å²) in [6.07, 6.45) is 0. The van der Waals surface area contributed by atoms with E-state index in [-0.39, 0.29) is 6.54 Å². The molecule has 2 N–H and O–H groups in total. The van der Waals surface area contributed by atoms with Crippen LogP contribution in [0.25, 0.3) is 0 Å². The summed E-state index contributed by atoms with van der Waals surface area (Å²) in [5.74, 6) is 5.10. The summed E-state index contributed by atoms with van der Waals surface area (Å²) in [7, 11) is -2.04. The fraction of sp³-hybridized carbons (Fsp3) is 0.364. The second-order valence-corrected chi connectivity index (χ2v) is 6.55. The van der Waals surface area contributed by atoms with Crippen molar-refractivity contribution in [2.75, 3.05) is 19.3 Å². The number of nitrogens with two attached hydrogens (primary N) is 1. The maximum atomic E-state index is 11.6. The second kappa shape index (κ2) is 6.53. The topological polar surface area (TPSA) is 87.2 Å². The quantitative estimate of drug-likeness (QED) is 0.807. The number of rotatable bonds is 4. The molecule has 0 fully saturated rings. The molecule has 1 heterocycles. The van der Waals surface area contributed by atoms with Crippen LogP contribution in [0.4, 0.5) is 0 Å². The minimum atomic E-state index is -3.49. The monoisotopic (exact) mass is 283 g/mol. The summed E-state index contributed by atoms with van der Waals surface area (Å²) in [5, 5.41) is 10.3. The summed E-state index contributed by atoms with van der Waals surface area (Å²) >= 11 is 1.43. The molecule has 0 saturated heterocycles. The van der Waals surface area contributed by atoms with Gasteiger partial charge in [-0.25, -0.2) is 8.42 Å². The molecule has 18 heavy (non-hydrogen) atoms. The van der Waals surface area contributed by atoms with Gasteiger partial charge in [0.15, 0.2) is 5.75 Å². The summed E-state index contributed by atoms with van der Waals surface area (Å²) in [6.45, 7) is 0.542. The SMILES string of the molecule is CN(Cc1cc(C#CCN)cs1)S(=O)(=O)CC#N. The molecule has 0 spiro atoms. The Labute approximate surface area is 111 Å². The van der Waals surface area contributed by atoms with Gasteiger partial charge in [0.2, 0.25) is 10.0 Å². The molecule has 0 aliphatic carbocycles. The van der Waals surface area contributed by atoms with Crippen molar-refractivity contribution in [3.63, 3.8) is 0 Å². The minimum absolute atomic E-state index is 0.249. The molecule has 0 amide bonds. The van der Waals surface area contributed by atoms with Crippen molar-refractivity contribution in [1.82, 2.24) is 4.31 Å². The molecule has 0 aliphatic heterocycles. The van der Waals surface area contributed by atoms with Crippen LogP contribution in [0.15, 0.2) is 11.4 Å². The van der Waals surface area contributed by atoms with Gasteiger partial charge in [-0.2, -0.15) is 9.57 Å². The smallest absolute Gasteiger partial charge is 0.227 e. The Hall–Kier alpha value is -1.38. The molecule has 5 nitrogen and oxygen atoms in total. The molecule has 0 unspecified atom stereocenters. The van der Waals surface area contributed by atoms with Crippen molar-refractivity contribution in [3.05, 3.63) is 21.9 Å². The second-order valence-electron chi connectivity index (χ2n) is 3.48. The van der Waals surface area contributed by atoms with Gasteiger partial charge >= 0.3 is 0 Å². The highest BCUT2D eigenvalue weighted by molar-refractivity contribution is 7.89. The lowest BCUT2D eigenvalue weighted by Crippen LogP contribution is -2.27. The van der Waals surface area contributed by atoms with Gasteiger partial charge in [0, 0.05) is 29.4 Å². The molecule has 0 aromatic carbocycles. The minimum Gasteiger partial charge on any atom is -0.320 e. The average molecular weight is 283 g/mol. The Morgan fingerprint density at radius 1 is 1.56 bits per heavy atom. The van der Waals surface area contributed by atoms with Gasteiger partial charge in [0.05, 0.1) is 12.6 Å². The predicted molar refractivity (Wildman–Crippen MR) is 71.1 cm³/mol. The van der Waals surface area contributed by atoms with Crippen molar-refractivity contribution in [1.29, 1.82) is 5.26 Å². The zero-order valence-corrected chi connectivity index (χ0v) is 11.5. The molecule has 0 atom stereocenters. The highest BCUT2D eigenvalue weighted by Crippen LogP contribution is 2.17. The summed E-state index contributed by atoms with van der Waals surface area (Å²) in [4.78, 5) is 0.875. The number of nitrogens with zero attached hydrogens (tertiary/aromatic N) is 2. The van der Waals surface area contributed by atoms with Gasteiger partial charge in [-0.3, -0.25) is 0 Å². The van der Waals surface area contributed by atoms with E-state index in [4.69, 9.17) is 11.0 Å². The first-order valence-corrected chi connectivity index (χ1v) is 7.56. The van der Waals surface area contributed by atoms with Gasteiger partial charge in [-0.15, -0.1) is 11.3 Å². The van der Waals surface area contributed by atoms with Gasteiger partial charge in [-0.1, -0.05) is 11.8 Å². The third-order valence-corrected chi connectivity index (χ3v) is 4.58. The third-order valence-electron chi connectivity index (χ3n) is 2.09. The molecule has 0 radical (unpaired) electrons. The third kappa shape index (κ3) is 4.13. The summed E-state index contributed by atoms with van der Waals surface area (Å²) in [5.41, 5.74) is 6.09. The van der Waals surface area contributed by atoms with E-state index < -0.39 is 15.8 Å². The number of sulfonamides is 1. The van der Waals surface area contributed by atoms with E-state index in [2.05, 4.69) is 11.8 Å². The Bertz CT molecular complexity index is 602. The fourth-order valence-electron chi connectivity index (χ4n) is 1.19. The number of hydrogen-bond acceptors (Lipinski definition) is 5. The van der Waals surface area contributed by atoms with Gasteiger partial charge in [-0.05, 0) is 6.07 Å². The lowest BCUT2D eigenvalue weighted by molar-refractivity contribution is 0.472. The standard InChI is InChI=1S/C11H13N3O2S2/c1-14(18(15,16)6-5-13)8-11-7-10(9-17-11)3-2-4-12/h7,9H,4,6,8,12H2,1H3. The number of hydrogen-bond donors (Lipinski definition) is 1. The molecule has 0 saturated carbocycles. The van der Waals surface area contributed by atoms with Gasteiger partial charge in [0.1, 0.15) is 0 Å². The van der Waals surface area contributed by atoms with E-state index in [1.54, 1.807) is 6.07 Å². The van der Waals surface area contributed by atoms with Crippen LogP contribution in [0.2, 0.25) is 0 Å². The largest absolute Gasteiger partial charge is 0.320 e. The Kier molecular flexibility index (Phi) is 5.32. The zero-order valence-electron chi connectivity index (χ0n) is 9.88. The van der Waals surface area contributed by atoms with Crippen molar-refractivity contribution in [2.45, 2.75) is 6.54 Å². The van der Waals surface area contributed by atoms with Crippen LogP contribution < -0.4 is 5.73 Å². The van der Waals surface area contributed by atoms with Gasteiger partial charge < -0.3 is 5.73 Å².